The van der Waals surface area contributed by atoms with Crippen LogP contribution in [0.2, 0.25) is 0 Å². The number of carbonyl (C=O) groups excluding carboxylic acids is 1. The molecule has 0 unspecified atom stereocenters. The summed E-state index contributed by atoms with van der Waals surface area (Å²) in [5.41, 5.74) is 0.0916. The minimum absolute atomic E-state index is 0.0916. The summed E-state index contributed by atoms with van der Waals surface area (Å²) in [5, 5.41) is 0. The Morgan fingerprint density at radius 3 is 3.00 bits per heavy atom. The lowest BCUT2D eigenvalue weighted by molar-refractivity contribution is -0.129. The van der Waals surface area contributed by atoms with E-state index in [0.717, 1.165) is 24.7 Å². The number of hydrogen-bond donors (Lipinski definition) is 0. The van der Waals surface area contributed by atoms with Crippen molar-refractivity contribution in [3.8, 4) is 0 Å². The number of Topliss-reactive ketones (excluding diaryl/α,β-unsaturated/α-hetero) is 1. The number of rotatable bonds is 1. The Bertz CT molecular complexity index is 328. The van der Waals surface area contributed by atoms with E-state index in [4.69, 9.17) is 0 Å². The summed E-state index contributed by atoms with van der Waals surface area (Å²) >= 11 is 0. The van der Waals surface area contributed by atoms with Crippen LogP contribution in [-0.4, -0.2) is 5.78 Å². The second-order valence-corrected chi connectivity index (χ2v) is 6.05. The van der Waals surface area contributed by atoms with E-state index < -0.39 is 0 Å². The summed E-state index contributed by atoms with van der Waals surface area (Å²) in [6.07, 6.45) is 9.08. The van der Waals surface area contributed by atoms with Crippen LogP contribution in [-0.2, 0) is 4.79 Å². The molecular weight excluding hydrogens is 184 g/mol. The minimum atomic E-state index is 0.0916. The van der Waals surface area contributed by atoms with Crippen molar-refractivity contribution in [2.75, 3.05) is 0 Å². The number of fused-ring (bicyclic) bond motifs is 1. The van der Waals surface area contributed by atoms with Gasteiger partial charge < -0.3 is 0 Å². The van der Waals surface area contributed by atoms with Crippen LogP contribution in [0.5, 0.6) is 0 Å². The molecule has 0 radical (unpaired) electrons. The lowest BCUT2D eigenvalue weighted by Crippen LogP contribution is -2.32. The summed E-state index contributed by atoms with van der Waals surface area (Å²) in [6.45, 7) is 4.65. The molecule has 2 saturated carbocycles. The summed E-state index contributed by atoms with van der Waals surface area (Å²) in [7, 11) is 0. The van der Waals surface area contributed by atoms with Crippen LogP contribution < -0.4 is 0 Å². The Balaban J connectivity index is 1.98. The van der Waals surface area contributed by atoms with Crippen LogP contribution in [0, 0.1) is 29.1 Å². The van der Waals surface area contributed by atoms with Crippen LogP contribution >= 0.6 is 0 Å². The van der Waals surface area contributed by atoms with Crippen molar-refractivity contribution in [3.05, 3.63) is 12.2 Å². The first kappa shape index (κ1) is 9.62. The van der Waals surface area contributed by atoms with Gasteiger partial charge in [0.1, 0.15) is 5.78 Å². The normalized spacial score (nSPS) is 47.7. The molecule has 0 aromatic carbocycles. The Hall–Kier alpha value is -0.590. The highest BCUT2D eigenvalue weighted by molar-refractivity contribution is 5.92. The Morgan fingerprint density at radius 2 is 2.27 bits per heavy atom. The lowest BCUT2D eigenvalue weighted by atomic mass is 9.72. The van der Waals surface area contributed by atoms with Gasteiger partial charge in [-0.3, -0.25) is 4.79 Å². The second-order valence-electron chi connectivity index (χ2n) is 6.05. The largest absolute Gasteiger partial charge is 0.298 e. The molecule has 82 valence electrons. The molecule has 2 fully saturated rings. The maximum absolute atomic E-state index is 12.3. The molecule has 1 heteroatoms. The standard InChI is InChI=1S/C14H20O/c1-9(2)11-5-7-14-6-3-4-10(13(14)15)8-12(11)14/h3-4,9-12H,5-8H2,1-2H3/t10-,11-,12+,14-/m0/s1. The summed E-state index contributed by atoms with van der Waals surface area (Å²) in [6, 6.07) is 0. The molecule has 2 bridgehead atoms. The van der Waals surface area contributed by atoms with Gasteiger partial charge in [0.15, 0.2) is 0 Å². The van der Waals surface area contributed by atoms with E-state index in [1.54, 1.807) is 0 Å². The molecule has 1 nitrogen and oxygen atoms in total. The van der Waals surface area contributed by atoms with Crippen molar-refractivity contribution >= 4 is 5.78 Å². The van der Waals surface area contributed by atoms with E-state index in [1.807, 2.05) is 0 Å². The molecule has 0 N–H and O–H groups in total. The molecule has 0 saturated heterocycles. The van der Waals surface area contributed by atoms with Gasteiger partial charge in [0.05, 0.1) is 0 Å². The molecule has 0 aromatic rings. The molecule has 3 rings (SSSR count). The number of hydrogen-bond acceptors (Lipinski definition) is 1. The van der Waals surface area contributed by atoms with Gasteiger partial charge in [0.25, 0.3) is 0 Å². The quantitative estimate of drug-likeness (QED) is 0.599. The number of ketones is 1. The molecular formula is C14H20O. The van der Waals surface area contributed by atoms with Gasteiger partial charge in [-0.25, -0.2) is 0 Å². The highest BCUT2D eigenvalue weighted by Crippen LogP contribution is 2.61. The van der Waals surface area contributed by atoms with Crippen molar-refractivity contribution in [3.63, 3.8) is 0 Å². The Morgan fingerprint density at radius 1 is 1.47 bits per heavy atom. The maximum Gasteiger partial charge on any atom is 0.146 e. The van der Waals surface area contributed by atoms with E-state index in [0.29, 0.717) is 11.7 Å². The van der Waals surface area contributed by atoms with Crippen molar-refractivity contribution in [2.45, 2.75) is 39.5 Å². The van der Waals surface area contributed by atoms with E-state index in [2.05, 4.69) is 26.0 Å². The van der Waals surface area contributed by atoms with Crippen molar-refractivity contribution in [1.82, 2.24) is 0 Å². The fraction of sp³-hybridized carbons (Fsp3) is 0.786. The molecule has 0 heterocycles. The highest BCUT2D eigenvalue weighted by atomic mass is 16.1. The SMILES string of the molecule is CC(C)[C@@H]1CC[C@@]23CC=C[C@@H](C[C@H]12)C3=O. The zero-order chi connectivity index (χ0) is 10.6. The third-order valence-electron chi connectivity index (χ3n) is 5.19. The molecule has 15 heavy (non-hydrogen) atoms. The summed E-state index contributed by atoms with van der Waals surface area (Å²) in [5.74, 6) is 3.12. The van der Waals surface area contributed by atoms with Gasteiger partial charge in [0, 0.05) is 11.3 Å². The predicted octanol–water partition coefficient (Wildman–Crippen LogP) is 3.20. The maximum atomic E-state index is 12.3. The molecule has 3 aliphatic carbocycles. The molecule has 0 aliphatic heterocycles. The van der Waals surface area contributed by atoms with E-state index in [1.165, 1.54) is 12.8 Å². The Labute approximate surface area is 91.9 Å². The summed E-state index contributed by atoms with van der Waals surface area (Å²) < 4.78 is 0. The van der Waals surface area contributed by atoms with E-state index >= 15 is 0 Å². The van der Waals surface area contributed by atoms with Crippen molar-refractivity contribution in [2.24, 2.45) is 29.1 Å². The van der Waals surface area contributed by atoms with Gasteiger partial charge in [-0.05, 0) is 43.4 Å². The second kappa shape index (κ2) is 2.96. The fourth-order valence-corrected chi connectivity index (χ4v) is 4.44. The third kappa shape index (κ3) is 1.07. The predicted molar refractivity (Wildman–Crippen MR) is 60.4 cm³/mol. The molecule has 4 atom stereocenters. The van der Waals surface area contributed by atoms with Crippen LogP contribution in [0.3, 0.4) is 0 Å². The molecule has 3 aliphatic rings. The van der Waals surface area contributed by atoms with Gasteiger partial charge in [-0.2, -0.15) is 0 Å². The smallest absolute Gasteiger partial charge is 0.146 e. The van der Waals surface area contributed by atoms with Crippen LogP contribution in [0.4, 0.5) is 0 Å². The summed E-state index contributed by atoms with van der Waals surface area (Å²) in [4.78, 5) is 12.3. The fourth-order valence-electron chi connectivity index (χ4n) is 4.44. The average Bonchev–Trinajstić information content (AvgIpc) is 2.57. The van der Waals surface area contributed by atoms with Crippen molar-refractivity contribution < 1.29 is 4.79 Å². The first-order chi connectivity index (χ1) is 7.15. The monoisotopic (exact) mass is 204 g/mol. The van der Waals surface area contributed by atoms with E-state index in [-0.39, 0.29) is 11.3 Å². The average molecular weight is 204 g/mol. The molecule has 0 amide bonds. The van der Waals surface area contributed by atoms with Gasteiger partial charge in [-0.1, -0.05) is 26.0 Å². The first-order valence-corrected chi connectivity index (χ1v) is 6.36. The van der Waals surface area contributed by atoms with Crippen LogP contribution in [0.1, 0.15) is 39.5 Å². The lowest BCUT2D eigenvalue weighted by Gasteiger charge is -2.30. The zero-order valence-corrected chi connectivity index (χ0v) is 9.70. The zero-order valence-electron chi connectivity index (χ0n) is 9.70. The first-order valence-electron chi connectivity index (χ1n) is 6.36. The minimum Gasteiger partial charge on any atom is -0.298 e. The van der Waals surface area contributed by atoms with E-state index in [9.17, 15) is 4.79 Å². The Kier molecular flexibility index (Phi) is 1.90. The van der Waals surface area contributed by atoms with Crippen LogP contribution in [0.15, 0.2) is 12.2 Å². The van der Waals surface area contributed by atoms with Gasteiger partial charge >= 0.3 is 0 Å². The van der Waals surface area contributed by atoms with Gasteiger partial charge in [-0.15, -0.1) is 0 Å². The number of carbonyl (C=O) groups is 1. The third-order valence-corrected chi connectivity index (χ3v) is 5.19. The molecule has 0 aromatic heterocycles. The topological polar surface area (TPSA) is 17.1 Å². The van der Waals surface area contributed by atoms with Crippen molar-refractivity contribution in [1.29, 1.82) is 0 Å². The molecule has 1 spiro atoms. The number of allylic oxidation sites excluding steroid dienone is 2. The van der Waals surface area contributed by atoms with Gasteiger partial charge in [0.2, 0.25) is 0 Å². The highest BCUT2D eigenvalue weighted by Gasteiger charge is 2.60. The van der Waals surface area contributed by atoms with Crippen LogP contribution in [0.25, 0.3) is 0 Å².